The van der Waals surface area contributed by atoms with E-state index in [9.17, 15) is 14.4 Å². The predicted octanol–water partition coefficient (Wildman–Crippen LogP) is 17.1. The summed E-state index contributed by atoms with van der Waals surface area (Å²) in [6.45, 7) is 6.48. The van der Waals surface area contributed by atoms with Crippen LogP contribution in [-0.2, 0) is 28.6 Å². The van der Waals surface area contributed by atoms with E-state index in [1.807, 2.05) is 0 Å². The molecule has 0 fully saturated rings. The Kier molecular flexibility index (Phi) is 47.9. The van der Waals surface area contributed by atoms with Crippen molar-refractivity contribution in [1.29, 1.82) is 0 Å². The van der Waals surface area contributed by atoms with Gasteiger partial charge in [-0.2, -0.15) is 0 Å². The Labute approximate surface area is 378 Å². The number of hydrogen-bond acceptors (Lipinski definition) is 6. The van der Waals surface area contributed by atoms with E-state index >= 15 is 0 Å². The number of hydrogen-bond donors (Lipinski definition) is 0. The number of rotatable bonds is 47. The third kappa shape index (κ3) is 48.3. The molecule has 354 valence electrons. The third-order valence-electron chi connectivity index (χ3n) is 11.3. The van der Waals surface area contributed by atoms with Gasteiger partial charge in [0.25, 0.3) is 0 Å². The van der Waals surface area contributed by atoms with Crippen molar-refractivity contribution in [3.63, 3.8) is 0 Å². The maximum Gasteiger partial charge on any atom is 0.306 e. The molecule has 0 radical (unpaired) electrons. The van der Waals surface area contributed by atoms with Crippen LogP contribution in [0.2, 0.25) is 0 Å². The van der Waals surface area contributed by atoms with Gasteiger partial charge in [-0.05, 0) is 70.6 Å². The number of unbranched alkanes of at least 4 members (excludes halogenated alkanes) is 28. The van der Waals surface area contributed by atoms with Crippen LogP contribution in [-0.4, -0.2) is 37.2 Å². The first kappa shape index (κ1) is 58.4. The molecule has 0 aromatic carbocycles. The summed E-state index contributed by atoms with van der Waals surface area (Å²) < 4.78 is 16.7. The molecule has 0 amide bonds. The largest absolute Gasteiger partial charge is 0.462 e. The average Bonchev–Trinajstić information content (AvgIpc) is 3.26. The van der Waals surface area contributed by atoms with Crippen LogP contribution in [0.15, 0.2) is 48.6 Å². The van der Waals surface area contributed by atoms with Crippen molar-refractivity contribution in [1.82, 2.24) is 0 Å². The zero-order valence-corrected chi connectivity index (χ0v) is 40.4. The normalized spacial score (nSPS) is 12.4. The summed E-state index contributed by atoms with van der Waals surface area (Å²) in [5.41, 5.74) is 0. The lowest BCUT2D eigenvalue weighted by Crippen LogP contribution is -2.30. The Hall–Kier alpha value is -2.63. The van der Waals surface area contributed by atoms with Gasteiger partial charge in [-0.1, -0.05) is 223 Å². The minimum atomic E-state index is -0.782. The molecule has 0 saturated carbocycles. The topological polar surface area (TPSA) is 78.9 Å². The summed E-state index contributed by atoms with van der Waals surface area (Å²) in [6, 6.07) is 0. The molecule has 0 bridgehead atoms. The highest BCUT2D eigenvalue weighted by molar-refractivity contribution is 5.71. The maximum atomic E-state index is 12.8. The van der Waals surface area contributed by atoms with Gasteiger partial charge in [-0.3, -0.25) is 14.4 Å². The van der Waals surface area contributed by atoms with E-state index in [1.54, 1.807) is 0 Å². The molecular weight excluding hydrogens is 757 g/mol. The summed E-state index contributed by atoms with van der Waals surface area (Å²) in [7, 11) is 0. The highest BCUT2D eigenvalue weighted by Crippen LogP contribution is 2.16. The molecular formula is C55H98O6. The fourth-order valence-corrected chi connectivity index (χ4v) is 7.40. The molecule has 0 aliphatic rings. The van der Waals surface area contributed by atoms with Gasteiger partial charge in [0.1, 0.15) is 13.2 Å². The molecule has 6 heteroatoms. The smallest absolute Gasteiger partial charge is 0.306 e. The summed E-state index contributed by atoms with van der Waals surface area (Å²) in [5.74, 6) is -0.915. The number of esters is 3. The second kappa shape index (κ2) is 50.0. The molecule has 61 heavy (non-hydrogen) atoms. The van der Waals surface area contributed by atoms with Crippen LogP contribution in [0, 0.1) is 0 Å². The van der Waals surface area contributed by atoms with Gasteiger partial charge in [0.2, 0.25) is 0 Å². The molecule has 0 aliphatic heterocycles. The van der Waals surface area contributed by atoms with Crippen LogP contribution in [0.4, 0.5) is 0 Å². The van der Waals surface area contributed by atoms with Gasteiger partial charge in [0.15, 0.2) is 6.10 Å². The summed E-state index contributed by atoms with van der Waals surface area (Å²) in [6.07, 6.45) is 59.6. The Morgan fingerprint density at radius 1 is 0.344 bits per heavy atom. The van der Waals surface area contributed by atoms with E-state index in [1.165, 1.54) is 148 Å². The van der Waals surface area contributed by atoms with Crippen LogP contribution >= 0.6 is 0 Å². The minimum Gasteiger partial charge on any atom is -0.462 e. The molecule has 0 rings (SSSR count). The molecule has 0 aromatic rings. The van der Waals surface area contributed by atoms with E-state index in [0.717, 1.165) is 77.0 Å². The number of carbonyl (C=O) groups is 3. The lowest BCUT2D eigenvalue weighted by atomic mass is 10.0. The molecule has 0 aromatic heterocycles. The third-order valence-corrected chi connectivity index (χ3v) is 11.3. The van der Waals surface area contributed by atoms with E-state index < -0.39 is 6.10 Å². The van der Waals surface area contributed by atoms with Crippen molar-refractivity contribution in [2.24, 2.45) is 0 Å². The zero-order valence-electron chi connectivity index (χ0n) is 40.4. The van der Waals surface area contributed by atoms with Crippen LogP contribution in [0.3, 0.4) is 0 Å². The number of ether oxygens (including phenoxy) is 3. The molecule has 1 unspecified atom stereocenters. The first-order valence-electron chi connectivity index (χ1n) is 26.1. The van der Waals surface area contributed by atoms with Crippen LogP contribution in [0.5, 0.6) is 0 Å². The predicted molar refractivity (Wildman–Crippen MR) is 261 cm³/mol. The summed E-state index contributed by atoms with van der Waals surface area (Å²) >= 11 is 0. The second-order valence-corrected chi connectivity index (χ2v) is 17.4. The minimum absolute atomic E-state index is 0.0821. The summed E-state index contributed by atoms with van der Waals surface area (Å²) in [4.78, 5) is 37.9. The lowest BCUT2D eigenvalue weighted by Gasteiger charge is -2.18. The van der Waals surface area contributed by atoms with E-state index in [0.29, 0.717) is 19.3 Å². The molecule has 0 N–H and O–H groups in total. The molecule has 1 atom stereocenters. The summed E-state index contributed by atoms with van der Waals surface area (Å²) in [5, 5.41) is 0. The number of allylic oxidation sites excluding steroid dienone is 8. The van der Waals surface area contributed by atoms with Crippen molar-refractivity contribution in [2.45, 2.75) is 271 Å². The molecule has 0 spiro atoms. The van der Waals surface area contributed by atoms with Gasteiger partial charge in [-0.25, -0.2) is 0 Å². The quantitative estimate of drug-likeness (QED) is 0.0263. The first-order chi connectivity index (χ1) is 30.0. The standard InChI is InChI=1S/C55H98O6/c1-4-7-10-13-16-19-21-23-25-26-27-28-30-31-33-36-39-42-45-48-54(57)60-51-52(50-59-53(56)47-44-41-38-35-18-15-12-9-6-3)61-55(58)49-46-43-40-37-34-32-29-24-22-20-17-14-11-8-5-2/h7,10,16,19,23,25,35,38,52H,4-6,8-9,11-15,17-18,20-22,24,26-34,36-37,39-51H2,1-3H3/b10-7-,19-16-,25-23-,38-35-. The SMILES string of the molecule is CC/C=C\C/C=C\C/C=C\CCCCCCCCCCCC(=O)OCC(COC(=O)CCC/C=C\CCCCCC)OC(=O)CCCCCCCCCCCCCCCCC. The van der Waals surface area contributed by atoms with Crippen molar-refractivity contribution in [3.8, 4) is 0 Å². The van der Waals surface area contributed by atoms with Crippen molar-refractivity contribution < 1.29 is 28.6 Å². The molecule has 0 aliphatic carbocycles. The monoisotopic (exact) mass is 855 g/mol. The van der Waals surface area contributed by atoms with Crippen LogP contribution in [0.25, 0.3) is 0 Å². The van der Waals surface area contributed by atoms with Crippen LogP contribution < -0.4 is 0 Å². The van der Waals surface area contributed by atoms with E-state index in [-0.39, 0.29) is 31.1 Å². The highest BCUT2D eigenvalue weighted by Gasteiger charge is 2.19. The fourth-order valence-electron chi connectivity index (χ4n) is 7.40. The average molecular weight is 855 g/mol. The maximum absolute atomic E-state index is 12.8. The van der Waals surface area contributed by atoms with E-state index in [4.69, 9.17) is 14.2 Å². The lowest BCUT2D eigenvalue weighted by molar-refractivity contribution is -0.167. The Balaban J connectivity index is 4.30. The Morgan fingerprint density at radius 2 is 0.656 bits per heavy atom. The fraction of sp³-hybridized carbons (Fsp3) is 0.800. The van der Waals surface area contributed by atoms with Crippen molar-refractivity contribution in [2.75, 3.05) is 13.2 Å². The second-order valence-electron chi connectivity index (χ2n) is 17.4. The highest BCUT2D eigenvalue weighted by atomic mass is 16.6. The van der Waals surface area contributed by atoms with Gasteiger partial charge in [0, 0.05) is 19.3 Å². The Bertz CT molecular complexity index is 1070. The van der Waals surface area contributed by atoms with Gasteiger partial charge < -0.3 is 14.2 Å². The first-order valence-corrected chi connectivity index (χ1v) is 26.1. The Morgan fingerprint density at radius 3 is 1.10 bits per heavy atom. The van der Waals surface area contributed by atoms with Crippen molar-refractivity contribution >= 4 is 17.9 Å². The van der Waals surface area contributed by atoms with Crippen molar-refractivity contribution in [3.05, 3.63) is 48.6 Å². The molecule has 0 saturated heterocycles. The van der Waals surface area contributed by atoms with Gasteiger partial charge >= 0.3 is 17.9 Å². The molecule has 6 nitrogen and oxygen atoms in total. The number of carbonyl (C=O) groups excluding carboxylic acids is 3. The molecule has 0 heterocycles. The van der Waals surface area contributed by atoms with Crippen LogP contribution in [0.1, 0.15) is 265 Å². The van der Waals surface area contributed by atoms with Gasteiger partial charge in [0.05, 0.1) is 0 Å². The van der Waals surface area contributed by atoms with E-state index in [2.05, 4.69) is 69.4 Å². The van der Waals surface area contributed by atoms with Gasteiger partial charge in [-0.15, -0.1) is 0 Å². The zero-order chi connectivity index (χ0) is 44.4.